The Morgan fingerprint density at radius 2 is 1.70 bits per heavy atom. The summed E-state index contributed by atoms with van der Waals surface area (Å²) >= 11 is 12.9. The minimum absolute atomic E-state index is 0.0165. The molecule has 1 aromatic heterocycles. The molecule has 2 aromatic carbocycles. The van der Waals surface area contributed by atoms with E-state index < -0.39 is 17.6 Å². The van der Waals surface area contributed by atoms with Crippen molar-refractivity contribution in [2.75, 3.05) is 16.4 Å². The lowest BCUT2D eigenvalue weighted by Crippen LogP contribution is -2.18. The second-order valence-electron chi connectivity index (χ2n) is 6.73. The first-order valence-electron chi connectivity index (χ1n) is 9.26. The zero-order valence-corrected chi connectivity index (χ0v) is 19.2. The molecule has 3 rings (SSSR count). The zero-order valence-electron chi connectivity index (χ0n) is 16.9. The van der Waals surface area contributed by atoms with E-state index in [0.717, 1.165) is 23.9 Å². The van der Waals surface area contributed by atoms with Gasteiger partial charge in [0.1, 0.15) is 5.82 Å². The van der Waals surface area contributed by atoms with Crippen molar-refractivity contribution in [3.05, 3.63) is 63.9 Å². The Labute approximate surface area is 200 Å². The van der Waals surface area contributed by atoms with Crippen LogP contribution in [0, 0.1) is 0 Å². The van der Waals surface area contributed by atoms with Gasteiger partial charge in [-0.1, -0.05) is 41.0 Å². The molecule has 2 N–H and O–H groups in total. The minimum atomic E-state index is -4.51. The van der Waals surface area contributed by atoms with Crippen LogP contribution < -0.4 is 10.6 Å². The number of thioether (sulfide) groups is 1. The van der Waals surface area contributed by atoms with Gasteiger partial charge in [0.15, 0.2) is 5.16 Å². The fourth-order valence-electron chi connectivity index (χ4n) is 2.65. The number of hydrogen-bond donors (Lipinski definition) is 2. The molecule has 0 aliphatic heterocycles. The number of halogens is 5. The second-order valence-corrected chi connectivity index (χ2v) is 8.48. The number of alkyl halides is 3. The van der Waals surface area contributed by atoms with Crippen molar-refractivity contribution in [3.8, 4) is 0 Å². The summed E-state index contributed by atoms with van der Waals surface area (Å²) in [7, 11) is 1.62. The third-order valence-electron chi connectivity index (χ3n) is 4.25. The number of carbonyl (C=O) groups is 2. The number of nitrogens with zero attached hydrogens (tertiary/aromatic N) is 3. The zero-order chi connectivity index (χ0) is 24.2. The second kappa shape index (κ2) is 10.4. The molecule has 0 saturated heterocycles. The largest absolute Gasteiger partial charge is 0.416 e. The predicted octanol–water partition coefficient (Wildman–Crippen LogP) is 5.05. The Kier molecular flexibility index (Phi) is 7.88. The molecule has 7 nitrogen and oxygen atoms in total. The van der Waals surface area contributed by atoms with E-state index in [9.17, 15) is 22.8 Å². The van der Waals surface area contributed by atoms with Crippen LogP contribution in [-0.2, 0) is 29.2 Å². The van der Waals surface area contributed by atoms with E-state index in [0.29, 0.717) is 20.9 Å². The Bertz CT molecular complexity index is 1190. The molecule has 1 heterocycles. The molecule has 0 fully saturated rings. The molecule has 0 atom stereocenters. The molecular formula is C20H16Cl2F3N5O2S. The molecule has 3 aromatic rings. The maximum atomic E-state index is 12.8. The fraction of sp³-hybridized carbons (Fsp3) is 0.200. The van der Waals surface area contributed by atoms with E-state index >= 15 is 0 Å². The van der Waals surface area contributed by atoms with Crippen LogP contribution in [0.1, 0.15) is 11.4 Å². The lowest BCUT2D eigenvalue weighted by Gasteiger charge is -2.10. The summed E-state index contributed by atoms with van der Waals surface area (Å²) in [5.41, 5.74) is -0.359. The van der Waals surface area contributed by atoms with E-state index in [1.165, 1.54) is 22.8 Å². The first-order valence-corrected chi connectivity index (χ1v) is 11.0. The topological polar surface area (TPSA) is 88.9 Å². The van der Waals surface area contributed by atoms with Gasteiger partial charge < -0.3 is 15.2 Å². The van der Waals surface area contributed by atoms with Gasteiger partial charge in [0.05, 0.1) is 27.8 Å². The average molecular weight is 518 g/mol. The van der Waals surface area contributed by atoms with Crippen LogP contribution in [0.5, 0.6) is 0 Å². The average Bonchev–Trinajstić information content (AvgIpc) is 3.08. The summed E-state index contributed by atoms with van der Waals surface area (Å²) in [5, 5.41) is 14.0. The Morgan fingerprint density at radius 3 is 2.39 bits per heavy atom. The van der Waals surface area contributed by atoms with E-state index in [1.54, 1.807) is 19.2 Å². The Hall–Kier alpha value is -2.76. The molecule has 13 heteroatoms. The summed E-state index contributed by atoms with van der Waals surface area (Å²) < 4.78 is 40.0. The number of amides is 2. The van der Waals surface area contributed by atoms with E-state index in [4.69, 9.17) is 23.2 Å². The highest BCUT2D eigenvalue weighted by Crippen LogP contribution is 2.30. The molecule has 0 radical (unpaired) electrons. The number of rotatable bonds is 7. The first-order chi connectivity index (χ1) is 15.5. The van der Waals surface area contributed by atoms with Crippen LogP contribution in [0.15, 0.2) is 47.6 Å². The molecule has 0 unspecified atom stereocenters. The highest BCUT2D eigenvalue weighted by atomic mass is 35.5. The molecule has 0 aliphatic rings. The number of anilines is 2. The van der Waals surface area contributed by atoms with E-state index in [-0.39, 0.29) is 29.6 Å². The first kappa shape index (κ1) is 24.9. The van der Waals surface area contributed by atoms with Gasteiger partial charge in [-0.3, -0.25) is 9.59 Å². The highest BCUT2D eigenvalue weighted by Gasteiger charge is 2.30. The van der Waals surface area contributed by atoms with Gasteiger partial charge in [-0.05, 0) is 36.4 Å². The standard InChI is InChI=1S/C20H16Cl2F3N5O2S/c1-30-16(9-17(31)26-12-4-2-3-11(7-12)20(23,24)25)28-29-19(30)33-10-18(32)27-13-5-6-14(21)15(22)8-13/h2-8H,9-10H2,1H3,(H,26,31)(H,27,32). The van der Waals surface area contributed by atoms with Crippen molar-refractivity contribution in [2.45, 2.75) is 17.8 Å². The summed E-state index contributed by atoms with van der Waals surface area (Å²) in [6.07, 6.45) is -4.72. The monoisotopic (exact) mass is 517 g/mol. The van der Waals surface area contributed by atoms with Crippen molar-refractivity contribution < 1.29 is 22.8 Å². The summed E-state index contributed by atoms with van der Waals surface area (Å²) in [4.78, 5) is 24.4. The van der Waals surface area contributed by atoms with Gasteiger partial charge in [0.2, 0.25) is 11.8 Å². The molecular weight excluding hydrogens is 502 g/mol. The quantitative estimate of drug-likeness (QED) is 0.428. The van der Waals surface area contributed by atoms with Gasteiger partial charge in [0.25, 0.3) is 0 Å². The maximum absolute atomic E-state index is 12.8. The number of nitrogens with one attached hydrogen (secondary N) is 2. The van der Waals surface area contributed by atoms with Gasteiger partial charge in [0, 0.05) is 18.4 Å². The summed E-state index contributed by atoms with van der Waals surface area (Å²) in [6, 6.07) is 9.03. The van der Waals surface area contributed by atoms with Crippen LogP contribution in [0.25, 0.3) is 0 Å². The maximum Gasteiger partial charge on any atom is 0.416 e. The van der Waals surface area contributed by atoms with Crippen LogP contribution in [0.4, 0.5) is 24.5 Å². The van der Waals surface area contributed by atoms with Gasteiger partial charge in [-0.2, -0.15) is 13.2 Å². The highest BCUT2D eigenvalue weighted by molar-refractivity contribution is 7.99. The van der Waals surface area contributed by atoms with Crippen molar-refractivity contribution >= 4 is 58.2 Å². The molecule has 0 aliphatic carbocycles. The van der Waals surface area contributed by atoms with Crippen molar-refractivity contribution in [3.63, 3.8) is 0 Å². The molecule has 0 saturated carbocycles. The van der Waals surface area contributed by atoms with Gasteiger partial charge in [-0.25, -0.2) is 0 Å². The predicted molar refractivity (Wildman–Crippen MR) is 121 cm³/mol. The lowest BCUT2D eigenvalue weighted by atomic mass is 10.2. The molecule has 2 amide bonds. The van der Waals surface area contributed by atoms with Crippen LogP contribution >= 0.6 is 35.0 Å². The van der Waals surface area contributed by atoms with Crippen molar-refractivity contribution in [2.24, 2.45) is 7.05 Å². The molecule has 0 spiro atoms. The van der Waals surface area contributed by atoms with Gasteiger partial charge in [-0.15, -0.1) is 10.2 Å². The Morgan fingerprint density at radius 1 is 1.00 bits per heavy atom. The SMILES string of the molecule is Cn1c(CC(=O)Nc2cccc(C(F)(F)F)c2)nnc1SCC(=O)Nc1ccc(Cl)c(Cl)c1. The third-order valence-corrected chi connectivity index (χ3v) is 6.01. The van der Waals surface area contributed by atoms with Crippen LogP contribution in [0.2, 0.25) is 10.0 Å². The van der Waals surface area contributed by atoms with Crippen molar-refractivity contribution in [1.29, 1.82) is 0 Å². The third kappa shape index (κ3) is 6.86. The smallest absolute Gasteiger partial charge is 0.326 e. The van der Waals surface area contributed by atoms with Crippen LogP contribution in [-0.4, -0.2) is 32.3 Å². The fourth-order valence-corrected chi connectivity index (χ4v) is 3.68. The Balaban J connectivity index is 1.55. The van der Waals surface area contributed by atoms with Crippen LogP contribution in [0.3, 0.4) is 0 Å². The van der Waals surface area contributed by atoms with Gasteiger partial charge >= 0.3 is 6.18 Å². The number of hydrogen-bond acceptors (Lipinski definition) is 5. The lowest BCUT2D eigenvalue weighted by molar-refractivity contribution is -0.137. The number of carbonyl (C=O) groups excluding carboxylic acids is 2. The molecule has 174 valence electrons. The summed E-state index contributed by atoms with van der Waals surface area (Å²) in [5.74, 6) is -0.571. The summed E-state index contributed by atoms with van der Waals surface area (Å²) in [6.45, 7) is 0. The molecule has 33 heavy (non-hydrogen) atoms. The van der Waals surface area contributed by atoms with Crippen molar-refractivity contribution in [1.82, 2.24) is 14.8 Å². The van der Waals surface area contributed by atoms with E-state index in [1.807, 2.05) is 0 Å². The van der Waals surface area contributed by atoms with E-state index in [2.05, 4.69) is 20.8 Å². The number of benzene rings is 2. The minimum Gasteiger partial charge on any atom is -0.326 e. The number of aromatic nitrogens is 3. The normalized spacial score (nSPS) is 11.3. The molecule has 0 bridgehead atoms.